The topological polar surface area (TPSA) is 78.3 Å². The average molecular weight is 406 g/mol. The Labute approximate surface area is 176 Å². The van der Waals surface area contributed by atoms with E-state index in [4.69, 9.17) is 9.47 Å². The van der Waals surface area contributed by atoms with Gasteiger partial charge in [-0.05, 0) is 69.0 Å². The van der Waals surface area contributed by atoms with Gasteiger partial charge in [0.1, 0.15) is 12.4 Å². The zero-order chi connectivity index (χ0) is 21.1. The molecule has 7 heteroatoms. The second-order valence-electron chi connectivity index (χ2n) is 7.67. The second kappa shape index (κ2) is 8.67. The number of aromatic nitrogens is 3. The van der Waals surface area contributed by atoms with E-state index in [1.54, 1.807) is 4.68 Å². The van der Waals surface area contributed by atoms with Crippen LogP contribution in [0.2, 0.25) is 0 Å². The standard InChI is InChI=1S/C23H26N4O3/c1-15-6-4-7-18(12-15)27-17(3)22(25-26-27)23(28)24-20-10-9-16(2)13-21(20)30-14-19-8-5-11-29-19/h4,6-7,9-10,12-13,19H,5,8,11,14H2,1-3H3,(H,24,28). The summed E-state index contributed by atoms with van der Waals surface area (Å²) in [6, 6.07) is 13.6. The summed E-state index contributed by atoms with van der Waals surface area (Å²) in [7, 11) is 0. The number of benzene rings is 2. The molecule has 2 aromatic carbocycles. The monoisotopic (exact) mass is 406 g/mol. The fraction of sp³-hybridized carbons (Fsp3) is 0.348. The van der Waals surface area contributed by atoms with Crippen molar-refractivity contribution in [3.63, 3.8) is 0 Å². The van der Waals surface area contributed by atoms with Crippen molar-refractivity contribution in [2.75, 3.05) is 18.5 Å². The Kier molecular flexibility index (Phi) is 5.81. The molecule has 30 heavy (non-hydrogen) atoms. The number of ether oxygens (including phenoxy) is 2. The Morgan fingerprint density at radius 2 is 2.03 bits per heavy atom. The number of anilines is 1. The van der Waals surface area contributed by atoms with Crippen LogP contribution in [0, 0.1) is 20.8 Å². The van der Waals surface area contributed by atoms with Gasteiger partial charge in [0, 0.05) is 6.61 Å². The zero-order valence-electron chi connectivity index (χ0n) is 17.5. The molecule has 0 bridgehead atoms. The van der Waals surface area contributed by atoms with Crippen LogP contribution in [0.1, 0.15) is 40.2 Å². The van der Waals surface area contributed by atoms with Crippen LogP contribution in [0.25, 0.3) is 5.69 Å². The third kappa shape index (κ3) is 4.36. The normalized spacial score (nSPS) is 15.9. The van der Waals surface area contributed by atoms with Crippen LogP contribution in [-0.2, 0) is 4.74 Å². The maximum atomic E-state index is 12.9. The van der Waals surface area contributed by atoms with Crippen molar-refractivity contribution in [2.45, 2.75) is 39.7 Å². The van der Waals surface area contributed by atoms with Crippen LogP contribution in [0.15, 0.2) is 42.5 Å². The SMILES string of the molecule is Cc1cccc(-n2nnc(C(=O)Nc3ccc(C)cc3OCC3CCCO3)c2C)c1. The molecule has 1 aromatic heterocycles. The van der Waals surface area contributed by atoms with Gasteiger partial charge in [-0.15, -0.1) is 5.10 Å². The van der Waals surface area contributed by atoms with E-state index < -0.39 is 0 Å². The largest absolute Gasteiger partial charge is 0.489 e. The Hall–Kier alpha value is -3.19. The molecule has 3 aromatic rings. The molecule has 1 aliphatic heterocycles. The first kappa shape index (κ1) is 20.1. The van der Waals surface area contributed by atoms with Crippen molar-refractivity contribution in [2.24, 2.45) is 0 Å². The molecule has 0 radical (unpaired) electrons. The van der Waals surface area contributed by atoms with Crippen LogP contribution in [0.3, 0.4) is 0 Å². The zero-order valence-corrected chi connectivity index (χ0v) is 17.5. The highest BCUT2D eigenvalue weighted by atomic mass is 16.5. The van der Waals surface area contributed by atoms with E-state index in [1.807, 2.05) is 63.2 Å². The molecule has 0 saturated carbocycles. The summed E-state index contributed by atoms with van der Waals surface area (Å²) in [4.78, 5) is 12.9. The van der Waals surface area contributed by atoms with E-state index in [-0.39, 0.29) is 17.7 Å². The summed E-state index contributed by atoms with van der Waals surface area (Å²) in [6.45, 7) is 7.08. The minimum Gasteiger partial charge on any atom is -0.489 e. The summed E-state index contributed by atoms with van der Waals surface area (Å²) in [5.41, 5.74) is 4.59. The van der Waals surface area contributed by atoms with Crippen LogP contribution in [0.4, 0.5) is 5.69 Å². The summed E-state index contributed by atoms with van der Waals surface area (Å²) in [6.07, 6.45) is 2.15. The van der Waals surface area contributed by atoms with Crippen LogP contribution < -0.4 is 10.1 Å². The number of amides is 1. The first-order chi connectivity index (χ1) is 14.5. The Morgan fingerprint density at radius 1 is 1.20 bits per heavy atom. The van der Waals surface area contributed by atoms with Crippen LogP contribution in [0.5, 0.6) is 5.75 Å². The van der Waals surface area contributed by atoms with Crippen molar-refractivity contribution in [3.05, 3.63) is 65.0 Å². The molecule has 1 N–H and O–H groups in total. The van der Waals surface area contributed by atoms with Crippen molar-refractivity contribution >= 4 is 11.6 Å². The van der Waals surface area contributed by atoms with Gasteiger partial charge in [0.05, 0.1) is 23.2 Å². The highest BCUT2D eigenvalue weighted by Gasteiger charge is 2.20. The molecule has 1 fully saturated rings. The molecule has 0 aliphatic carbocycles. The van der Waals surface area contributed by atoms with Crippen molar-refractivity contribution < 1.29 is 14.3 Å². The first-order valence-corrected chi connectivity index (χ1v) is 10.2. The summed E-state index contributed by atoms with van der Waals surface area (Å²) >= 11 is 0. The maximum absolute atomic E-state index is 12.9. The maximum Gasteiger partial charge on any atom is 0.278 e. The molecule has 1 atom stereocenters. The molecule has 7 nitrogen and oxygen atoms in total. The lowest BCUT2D eigenvalue weighted by atomic mass is 10.2. The molecule has 1 aliphatic rings. The number of carbonyl (C=O) groups is 1. The van der Waals surface area contributed by atoms with E-state index in [0.717, 1.165) is 36.3 Å². The Bertz CT molecular complexity index is 1050. The summed E-state index contributed by atoms with van der Waals surface area (Å²) in [5, 5.41) is 11.2. The molecule has 4 rings (SSSR count). The van der Waals surface area contributed by atoms with E-state index >= 15 is 0 Å². The van der Waals surface area contributed by atoms with Crippen LogP contribution in [-0.4, -0.2) is 40.2 Å². The van der Waals surface area contributed by atoms with E-state index in [2.05, 4.69) is 15.6 Å². The molecule has 1 amide bonds. The highest BCUT2D eigenvalue weighted by molar-refractivity contribution is 6.04. The second-order valence-corrected chi connectivity index (χ2v) is 7.67. The minimum atomic E-state index is -0.322. The van der Waals surface area contributed by atoms with Gasteiger partial charge in [-0.3, -0.25) is 4.79 Å². The predicted molar refractivity (Wildman–Crippen MR) is 114 cm³/mol. The van der Waals surface area contributed by atoms with Gasteiger partial charge in [-0.1, -0.05) is 23.4 Å². The molecule has 1 saturated heterocycles. The average Bonchev–Trinajstić information content (AvgIpc) is 3.37. The minimum absolute atomic E-state index is 0.102. The van der Waals surface area contributed by atoms with E-state index in [0.29, 0.717) is 23.7 Å². The number of hydrogen-bond acceptors (Lipinski definition) is 5. The fourth-order valence-electron chi connectivity index (χ4n) is 3.54. The molecular formula is C23H26N4O3. The fourth-order valence-corrected chi connectivity index (χ4v) is 3.54. The Morgan fingerprint density at radius 3 is 2.80 bits per heavy atom. The molecule has 0 spiro atoms. The lowest BCUT2D eigenvalue weighted by Gasteiger charge is -2.15. The molecule has 1 unspecified atom stereocenters. The van der Waals surface area contributed by atoms with Gasteiger partial charge < -0.3 is 14.8 Å². The highest BCUT2D eigenvalue weighted by Crippen LogP contribution is 2.27. The smallest absolute Gasteiger partial charge is 0.278 e. The summed E-state index contributed by atoms with van der Waals surface area (Å²) < 4.78 is 13.3. The Balaban J connectivity index is 1.53. The van der Waals surface area contributed by atoms with Gasteiger partial charge in [0.15, 0.2) is 5.69 Å². The third-order valence-corrected chi connectivity index (χ3v) is 5.19. The van der Waals surface area contributed by atoms with E-state index in [9.17, 15) is 4.79 Å². The van der Waals surface area contributed by atoms with Crippen LogP contribution >= 0.6 is 0 Å². The lowest BCUT2D eigenvalue weighted by molar-refractivity contribution is 0.0681. The quantitative estimate of drug-likeness (QED) is 0.669. The molecular weight excluding hydrogens is 380 g/mol. The number of nitrogens with zero attached hydrogens (tertiary/aromatic N) is 3. The van der Waals surface area contributed by atoms with Gasteiger partial charge in [-0.25, -0.2) is 4.68 Å². The number of hydrogen-bond donors (Lipinski definition) is 1. The van der Waals surface area contributed by atoms with Crippen molar-refractivity contribution in [3.8, 4) is 11.4 Å². The number of carbonyl (C=O) groups excluding carboxylic acids is 1. The van der Waals surface area contributed by atoms with Crippen molar-refractivity contribution in [1.29, 1.82) is 0 Å². The van der Waals surface area contributed by atoms with Gasteiger partial charge >= 0.3 is 0 Å². The van der Waals surface area contributed by atoms with E-state index in [1.165, 1.54) is 0 Å². The van der Waals surface area contributed by atoms with Crippen molar-refractivity contribution in [1.82, 2.24) is 15.0 Å². The first-order valence-electron chi connectivity index (χ1n) is 10.2. The third-order valence-electron chi connectivity index (χ3n) is 5.19. The molecule has 156 valence electrons. The van der Waals surface area contributed by atoms with Gasteiger partial charge in [0.25, 0.3) is 5.91 Å². The number of rotatable bonds is 6. The van der Waals surface area contributed by atoms with Gasteiger partial charge in [-0.2, -0.15) is 0 Å². The van der Waals surface area contributed by atoms with Gasteiger partial charge in [0.2, 0.25) is 0 Å². The lowest BCUT2D eigenvalue weighted by Crippen LogP contribution is -2.18. The predicted octanol–water partition coefficient (Wildman–Crippen LogP) is 4.00. The number of aryl methyl sites for hydroxylation is 2. The molecule has 2 heterocycles. The summed E-state index contributed by atoms with van der Waals surface area (Å²) in [5.74, 6) is 0.305. The number of nitrogens with one attached hydrogen (secondary N) is 1.